The van der Waals surface area contributed by atoms with Crippen molar-refractivity contribution in [3.05, 3.63) is 57.8 Å². The monoisotopic (exact) mass is 646 g/mol. The van der Waals surface area contributed by atoms with Crippen molar-refractivity contribution in [2.45, 2.75) is 65.1 Å². The van der Waals surface area contributed by atoms with Crippen LogP contribution in [0.2, 0.25) is 0 Å². The van der Waals surface area contributed by atoms with Crippen LogP contribution in [0.1, 0.15) is 61.3 Å². The summed E-state index contributed by atoms with van der Waals surface area (Å²) in [5.74, 6) is 2.37. The summed E-state index contributed by atoms with van der Waals surface area (Å²) in [6.07, 6.45) is 3.34. The predicted molar refractivity (Wildman–Crippen MR) is 177 cm³/mol. The second-order valence-electron chi connectivity index (χ2n) is 12.9. The summed E-state index contributed by atoms with van der Waals surface area (Å²) in [4.78, 5) is 44.0. The molecular formula is C35H46N6O6. The third-order valence-corrected chi connectivity index (χ3v) is 9.47. The first kappa shape index (κ1) is 32.6. The fraction of sp³-hybridized carbons (Fsp3) is 0.543. The van der Waals surface area contributed by atoms with E-state index in [0.717, 1.165) is 47.7 Å². The highest BCUT2D eigenvalue weighted by atomic mass is 16.5. The van der Waals surface area contributed by atoms with Crippen LogP contribution in [-0.2, 0) is 31.4 Å². The maximum atomic E-state index is 13.9. The second kappa shape index (κ2) is 14.2. The topological polar surface area (TPSA) is 120 Å². The lowest BCUT2D eigenvalue weighted by Crippen LogP contribution is -2.42. The van der Waals surface area contributed by atoms with Gasteiger partial charge in [0.05, 0.1) is 19.6 Å². The number of aromatic nitrogens is 3. The summed E-state index contributed by atoms with van der Waals surface area (Å²) < 4.78 is 21.5. The molecule has 4 bridgehead atoms. The van der Waals surface area contributed by atoms with Crippen LogP contribution >= 0.6 is 0 Å². The SMILES string of the molecule is COc1ccc2cc1-c1cc3c(c(c1)OCCCN(C(=O)C1CCc4nn(C)c(=O)n4C1)CCCCNC2=O)OCCN(C(C)C)C3. The average Bonchev–Trinajstić information content (AvgIpc) is 3.21. The Balaban J connectivity index is 1.29. The number of hydrogen-bond acceptors (Lipinski definition) is 8. The maximum Gasteiger partial charge on any atom is 0.345 e. The Morgan fingerprint density at radius 1 is 1.02 bits per heavy atom. The summed E-state index contributed by atoms with van der Waals surface area (Å²) in [6, 6.07) is 9.90. The van der Waals surface area contributed by atoms with Crippen LogP contribution in [0, 0.1) is 5.92 Å². The van der Waals surface area contributed by atoms with Crippen LogP contribution in [-0.4, -0.2) is 88.5 Å². The van der Waals surface area contributed by atoms with Crippen LogP contribution < -0.4 is 25.2 Å². The molecule has 1 aromatic heterocycles. The molecule has 0 saturated carbocycles. The van der Waals surface area contributed by atoms with Gasteiger partial charge in [0.1, 0.15) is 18.2 Å². The van der Waals surface area contributed by atoms with Crippen molar-refractivity contribution < 1.29 is 23.8 Å². The first-order chi connectivity index (χ1) is 22.7. The van der Waals surface area contributed by atoms with E-state index in [0.29, 0.717) is 88.3 Å². The smallest absolute Gasteiger partial charge is 0.345 e. The molecule has 0 radical (unpaired) electrons. The van der Waals surface area contributed by atoms with E-state index in [1.165, 1.54) is 4.68 Å². The highest BCUT2D eigenvalue weighted by molar-refractivity contribution is 5.96. The highest BCUT2D eigenvalue weighted by Gasteiger charge is 2.31. The van der Waals surface area contributed by atoms with Crippen molar-refractivity contribution in [3.8, 4) is 28.4 Å². The fourth-order valence-corrected chi connectivity index (χ4v) is 6.78. The molecule has 2 aromatic carbocycles. The lowest BCUT2D eigenvalue weighted by atomic mass is 9.97. The van der Waals surface area contributed by atoms with E-state index in [4.69, 9.17) is 14.2 Å². The summed E-state index contributed by atoms with van der Waals surface area (Å²) in [5, 5.41) is 7.37. The fourth-order valence-electron chi connectivity index (χ4n) is 6.78. The molecule has 3 aliphatic heterocycles. The number of methoxy groups -OCH3 is 1. The van der Waals surface area contributed by atoms with Crippen molar-refractivity contribution in [1.29, 1.82) is 0 Å². The Kier molecular flexibility index (Phi) is 9.86. The lowest BCUT2D eigenvalue weighted by molar-refractivity contribution is -0.136. The van der Waals surface area contributed by atoms with Crippen LogP contribution in [0.3, 0.4) is 0 Å². The third-order valence-electron chi connectivity index (χ3n) is 9.47. The first-order valence-electron chi connectivity index (χ1n) is 16.8. The molecule has 6 rings (SSSR count). The van der Waals surface area contributed by atoms with Crippen LogP contribution in [0.15, 0.2) is 35.1 Å². The molecule has 1 unspecified atom stereocenters. The minimum Gasteiger partial charge on any atom is -0.496 e. The van der Waals surface area contributed by atoms with Gasteiger partial charge >= 0.3 is 5.69 Å². The molecular weight excluding hydrogens is 600 g/mol. The van der Waals surface area contributed by atoms with Gasteiger partial charge in [0.25, 0.3) is 5.91 Å². The molecule has 1 N–H and O–H groups in total. The van der Waals surface area contributed by atoms with E-state index < -0.39 is 0 Å². The molecule has 2 amide bonds. The molecule has 4 heterocycles. The summed E-state index contributed by atoms with van der Waals surface area (Å²) in [7, 11) is 3.27. The zero-order chi connectivity index (χ0) is 33.1. The van der Waals surface area contributed by atoms with Gasteiger partial charge in [-0.05, 0) is 75.4 Å². The van der Waals surface area contributed by atoms with Crippen LogP contribution in [0.4, 0.5) is 0 Å². The number of fused-ring (bicyclic) bond motifs is 8. The average molecular weight is 647 g/mol. The summed E-state index contributed by atoms with van der Waals surface area (Å²) >= 11 is 0. The Morgan fingerprint density at radius 2 is 1.85 bits per heavy atom. The maximum absolute atomic E-state index is 13.9. The molecule has 12 heteroatoms. The Labute approximate surface area is 275 Å². The number of nitrogens with one attached hydrogen (secondary N) is 1. The molecule has 0 saturated heterocycles. The number of ether oxygens (including phenoxy) is 3. The van der Waals surface area contributed by atoms with Gasteiger partial charge in [-0.25, -0.2) is 9.48 Å². The van der Waals surface area contributed by atoms with E-state index in [2.05, 4.69) is 35.2 Å². The molecule has 0 aliphatic carbocycles. The minimum atomic E-state index is -0.287. The van der Waals surface area contributed by atoms with Crippen LogP contribution in [0.5, 0.6) is 17.2 Å². The number of carbonyl (C=O) groups excluding carboxylic acids is 2. The molecule has 0 spiro atoms. The number of amides is 2. The van der Waals surface area contributed by atoms with Gasteiger partial charge in [-0.2, -0.15) is 5.10 Å². The van der Waals surface area contributed by atoms with Gasteiger partial charge in [0.2, 0.25) is 5.91 Å². The Morgan fingerprint density at radius 3 is 2.66 bits per heavy atom. The van der Waals surface area contributed by atoms with Crippen molar-refractivity contribution in [3.63, 3.8) is 0 Å². The lowest BCUT2D eigenvalue weighted by Gasteiger charge is -2.29. The summed E-state index contributed by atoms with van der Waals surface area (Å²) in [5.41, 5.74) is 3.05. The molecule has 252 valence electrons. The van der Waals surface area contributed by atoms with Crippen molar-refractivity contribution in [1.82, 2.24) is 29.5 Å². The largest absolute Gasteiger partial charge is 0.496 e. The van der Waals surface area contributed by atoms with E-state index >= 15 is 0 Å². The number of carbonyl (C=O) groups is 2. The van der Waals surface area contributed by atoms with Crippen LogP contribution in [0.25, 0.3) is 11.1 Å². The molecule has 47 heavy (non-hydrogen) atoms. The van der Waals surface area contributed by atoms with Crippen molar-refractivity contribution in [2.75, 3.05) is 46.5 Å². The van der Waals surface area contributed by atoms with Gasteiger partial charge in [-0.15, -0.1) is 0 Å². The molecule has 12 nitrogen and oxygen atoms in total. The van der Waals surface area contributed by atoms with E-state index in [9.17, 15) is 14.4 Å². The normalized spacial score (nSPS) is 19.4. The summed E-state index contributed by atoms with van der Waals surface area (Å²) in [6.45, 7) is 8.72. The Bertz CT molecular complexity index is 1680. The first-order valence-corrected chi connectivity index (χ1v) is 16.8. The number of benzene rings is 2. The number of hydrogen-bond donors (Lipinski definition) is 1. The van der Waals surface area contributed by atoms with Crippen molar-refractivity contribution in [2.24, 2.45) is 13.0 Å². The standard InChI is InChI=1S/C35H46N6O6/c1-23(2)40-15-17-47-32-27(21-40)18-26-20-30(32)46-16-7-14-39(34(43)25-9-11-31-37-38(3)35(44)41(31)22-25)13-6-5-12-36-33(42)24-8-10-29(45-4)28(26)19-24/h8,10,18-20,23,25H,5-7,9,11-17,21-22H2,1-4H3,(H,36,42). The number of nitrogens with zero attached hydrogens (tertiary/aromatic N) is 5. The molecule has 3 aromatic rings. The van der Waals surface area contributed by atoms with Gasteiger partial charge in [0, 0.05) is 75.5 Å². The highest BCUT2D eigenvalue weighted by Crippen LogP contribution is 2.41. The zero-order valence-electron chi connectivity index (χ0n) is 27.9. The molecule has 3 aliphatic rings. The van der Waals surface area contributed by atoms with E-state index in [-0.39, 0.29) is 23.4 Å². The zero-order valence-corrected chi connectivity index (χ0v) is 27.9. The van der Waals surface area contributed by atoms with Gasteiger partial charge in [0.15, 0.2) is 11.5 Å². The van der Waals surface area contributed by atoms with Gasteiger partial charge in [-0.3, -0.25) is 19.1 Å². The number of rotatable bonds is 3. The quantitative estimate of drug-likeness (QED) is 0.461. The third kappa shape index (κ3) is 7.02. The van der Waals surface area contributed by atoms with Crippen molar-refractivity contribution >= 4 is 11.8 Å². The van der Waals surface area contributed by atoms with Gasteiger partial charge in [-0.1, -0.05) is 0 Å². The van der Waals surface area contributed by atoms with E-state index in [1.807, 2.05) is 23.1 Å². The molecule has 1 atom stereocenters. The Hall–Kier alpha value is -4.32. The predicted octanol–water partition coefficient (Wildman–Crippen LogP) is 3.24. The minimum absolute atomic E-state index is 0.0458. The van der Waals surface area contributed by atoms with Gasteiger partial charge < -0.3 is 24.4 Å². The molecule has 0 fully saturated rings. The second-order valence-corrected chi connectivity index (χ2v) is 12.9. The number of aryl methyl sites for hydroxylation is 2. The van der Waals surface area contributed by atoms with E-state index in [1.54, 1.807) is 24.8 Å².